The number of nitrogens with two attached hydrogens (primary N) is 1. The summed E-state index contributed by atoms with van der Waals surface area (Å²) >= 11 is 0. The van der Waals surface area contributed by atoms with E-state index < -0.39 is 27.9 Å². The third-order valence-electron chi connectivity index (χ3n) is 3.10. The zero-order valence-electron chi connectivity index (χ0n) is 12.0. The lowest BCUT2D eigenvalue weighted by Gasteiger charge is -2.19. The van der Waals surface area contributed by atoms with Gasteiger partial charge in [0, 0.05) is 12.5 Å². The van der Waals surface area contributed by atoms with E-state index in [0.717, 1.165) is 0 Å². The third kappa shape index (κ3) is 4.33. The molecule has 0 radical (unpaired) electrons. The van der Waals surface area contributed by atoms with Gasteiger partial charge in [-0.25, -0.2) is 8.42 Å². The molecule has 0 bridgehead atoms. The number of carbonyl (C=O) groups excluding carboxylic acids is 1. The van der Waals surface area contributed by atoms with Crippen LogP contribution in [0.5, 0.6) is 11.5 Å². The van der Waals surface area contributed by atoms with Crippen LogP contribution in [-0.2, 0) is 19.6 Å². The lowest BCUT2D eigenvalue weighted by molar-refractivity contribution is -0.139. The topological polar surface area (TPSA) is 145 Å². The van der Waals surface area contributed by atoms with Gasteiger partial charge in [-0.3, -0.25) is 9.59 Å². The van der Waals surface area contributed by atoms with E-state index in [1.807, 2.05) is 4.72 Å². The third-order valence-corrected chi connectivity index (χ3v) is 4.57. The number of fused-ring (bicyclic) bond motifs is 1. The zero-order chi connectivity index (χ0) is 17.0. The predicted molar refractivity (Wildman–Crippen MR) is 77.6 cm³/mol. The number of hydrogen-bond donors (Lipinski definition) is 3. The Labute approximate surface area is 132 Å². The molecular formula is C13H16N2O7S. The second-order valence-corrected chi connectivity index (χ2v) is 6.54. The first kappa shape index (κ1) is 17.0. The van der Waals surface area contributed by atoms with Crippen LogP contribution in [0.1, 0.15) is 12.8 Å². The van der Waals surface area contributed by atoms with E-state index >= 15 is 0 Å². The second kappa shape index (κ2) is 6.84. The number of ether oxygens (including phenoxy) is 2. The van der Waals surface area contributed by atoms with Crippen LogP contribution in [0.4, 0.5) is 0 Å². The Hall–Kier alpha value is -2.33. The summed E-state index contributed by atoms with van der Waals surface area (Å²) in [5, 5.41) is 9.06. The molecule has 126 valence electrons. The maximum atomic E-state index is 12.3. The summed E-state index contributed by atoms with van der Waals surface area (Å²) in [5.41, 5.74) is 4.95. The van der Waals surface area contributed by atoms with Crippen molar-refractivity contribution >= 4 is 21.9 Å². The first-order valence-electron chi connectivity index (χ1n) is 6.72. The van der Waals surface area contributed by atoms with E-state index in [1.165, 1.54) is 18.2 Å². The number of hydrogen-bond acceptors (Lipinski definition) is 6. The second-order valence-electron chi connectivity index (χ2n) is 4.82. The van der Waals surface area contributed by atoms with E-state index in [-0.39, 0.29) is 23.5 Å². The van der Waals surface area contributed by atoms with Crippen molar-refractivity contribution in [3.63, 3.8) is 0 Å². The van der Waals surface area contributed by atoms with Crippen molar-refractivity contribution in [3.8, 4) is 11.5 Å². The van der Waals surface area contributed by atoms with E-state index in [4.69, 9.17) is 20.3 Å². The number of sulfonamides is 1. The molecule has 1 amide bonds. The number of carbonyl (C=O) groups is 2. The quantitative estimate of drug-likeness (QED) is 0.602. The van der Waals surface area contributed by atoms with Crippen molar-refractivity contribution in [2.45, 2.75) is 23.8 Å². The molecule has 4 N–H and O–H groups in total. The monoisotopic (exact) mass is 344 g/mol. The van der Waals surface area contributed by atoms with Crippen molar-refractivity contribution in [2.75, 3.05) is 13.2 Å². The predicted octanol–water partition coefficient (Wildman–Crippen LogP) is -0.545. The Balaban J connectivity index is 2.19. The summed E-state index contributed by atoms with van der Waals surface area (Å²) in [7, 11) is -4.10. The summed E-state index contributed by atoms with van der Waals surface area (Å²) < 4.78 is 37.2. The van der Waals surface area contributed by atoms with Crippen LogP contribution in [0.25, 0.3) is 0 Å². The molecule has 0 saturated heterocycles. The van der Waals surface area contributed by atoms with Gasteiger partial charge in [0.2, 0.25) is 15.9 Å². The van der Waals surface area contributed by atoms with Gasteiger partial charge in [-0.05, 0) is 18.6 Å². The largest absolute Gasteiger partial charge is 0.486 e. The SMILES string of the molecule is NC(=O)CC[C@H](NS(=O)(=O)c1ccc2c(c1)OCCO2)C(=O)O. The van der Waals surface area contributed by atoms with Gasteiger partial charge in [-0.2, -0.15) is 4.72 Å². The van der Waals surface area contributed by atoms with Crippen LogP contribution in [0.3, 0.4) is 0 Å². The van der Waals surface area contributed by atoms with Gasteiger partial charge >= 0.3 is 5.97 Å². The van der Waals surface area contributed by atoms with Crippen LogP contribution in [0.15, 0.2) is 23.1 Å². The van der Waals surface area contributed by atoms with Crippen molar-refractivity contribution in [3.05, 3.63) is 18.2 Å². The minimum Gasteiger partial charge on any atom is -0.486 e. The maximum Gasteiger partial charge on any atom is 0.321 e. The van der Waals surface area contributed by atoms with Gasteiger partial charge < -0.3 is 20.3 Å². The van der Waals surface area contributed by atoms with Gasteiger partial charge in [-0.15, -0.1) is 0 Å². The van der Waals surface area contributed by atoms with Gasteiger partial charge in [0.25, 0.3) is 0 Å². The fraction of sp³-hybridized carbons (Fsp3) is 0.385. The van der Waals surface area contributed by atoms with Crippen molar-refractivity contribution in [1.29, 1.82) is 0 Å². The maximum absolute atomic E-state index is 12.3. The Morgan fingerprint density at radius 1 is 1.26 bits per heavy atom. The van der Waals surface area contributed by atoms with Crippen LogP contribution >= 0.6 is 0 Å². The highest BCUT2D eigenvalue weighted by molar-refractivity contribution is 7.89. The molecule has 1 aliphatic rings. The van der Waals surface area contributed by atoms with Crippen LogP contribution < -0.4 is 19.9 Å². The summed E-state index contributed by atoms with van der Waals surface area (Å²) in [5.74, 6) is -1.43. The number of carboxylic acids is 1. The Morgan fingerprint density at radius 3 is 2.52 bits per heavy atom. The number of primary amides is 1. The van der Waals surface area contributed by atoms with E-state index in [2.05, 4.69) is 0 Å². The van der Waals surface area contributed by atoms with Crippen molar-refractivity contribution in [2.24, 2.45) is 5.73 Å². The molecule has 23 heavy (non-hydrogen) atoms. The van der Waals surface area contributed by atoms with E-state index in [1.54, 1.807) is 0 Å². The van der Waals surface area contributed by atoms with Crippen LogP contribution in [0, 0.1) is 0 Å². The highest BCUT2D eigenvalue weighted by atomic mass is 32.2. The fourth-order valence-electron chi connectivity index (χ4n) is 1.97. The van der Waals surface area contributed by atoms with Crippen molar-refractivity contribution in [1.82, 2.24) is 4.72 Å². The molecule has 1 aromatic carbocycles. The lowest BCUT2D eigenvalue weighted by Crippen LogP contribution is -2.41. The first-order chi connectivity index (χ1) is 10.8. The molecular weight excluding hydrogens is 328 g/mol. The lowest BCUT2D eigenvalue weighted by atomic mass is 10.2. The highest BCUT2D eigenvalue weighted by Crippen LogP contribution is 2.32. The molecule has 0 fully saturated rings. The normalized spacial score (nSPS) is 15.0. The number of nitrogens with one attached hydrogen (secondary N) is 1. The molecule has 0 spiro atoms. The fourth-order valence-corrected chi connectivity index (χ4v) is 3.20. The molecule has 0 unspecified atom stereocenters. The van der Waals surface area contributed by atoms with Crippen LogP contribution in [0.2, 0.25) is 0 Å². The Bertz CT molecular complexity index is 717. The minimum atomic E-state index is -4.10. The summed E-state index contributed by atoms with van der Waals surface area (Å²) in [6.07, 6.45) is -0.491. The first-order valence-corrected chi connectivity index (χ1v) is 8.21. The number of amides is 1. The molecule has 2 rings (SSSR count). The standard InChI is InChI=1S/C13H16N2O7S/c14-12(16)4-2-9(13(17)18)15-23(19,20)8-1-3-10-11(7-8)22-6-5-21-10/h1,3,7,9,15H,2,4-6H2,(H2,14,16)(H,17,18)/t9-/m0/s1. The molecule has 10 heteroatoms. The Morgan fingerprint density at radius 2 is 1.91 bits per heavy atom. The highest BCUT2D eigenvalue weighted by Gasteiger charge is 2.27. The minimum absolute atomic E-state index is 0.160. The average Bonchev–Trinajstić information content (AvgIpc) is 2.50. The number of benzene rings is 1. The summed E-state index contributed by atoms with van der Waals surface area (Å²) in [6.45, 7) is 0.659. The molecule has 0 aromatic heterocycles. The summed E-state index contributed by atoms with van der Waals surface area (Å²) in [4.78, 5) is 21.7. The van der Waals surface area contributed by atoms with Gasteiger partial charge in [0.1, 0.15) is 19.3 Å². The molecule has 1 atom stereocenters. The van der Waals surface area contributed by atoms with Gasteiger partial charge in [0.05, 0.1) is 4.90 Å². The molecule has 0 saturated carbocycles. The number of aliphatic carboxylic acids is 1. The number of carboxylic acid groups (broad SMARTS) is 1. The molecule has 1 aromatic rings. The summed E-state index contributed by atoms with van der Waals surface area (Å²) in [6, 6.07) is 2.51. The molecule has 0 aliphatic carbocycles. The van der Waals surface area contributed by atoms with Crippen molar-refractivity contribution < 1.29 is 32.6 Å². The zero-order valence-corrected chi connectivity index (χ0v) is 12.8. The van der Waals surface area contributed by atoms with Gasteiger partial charge in [-0.1, -0.05) is 0 Å². The Kier molecular flexibility index (Phi) is 5.06. The van der Waals surface area contributed by atoms with E-state index in [9.17, 15) is 18.0 Å². The van der Waals surface area contributed by atoms with Gasteiger partial charge in [0.15, 0.2) is 11.5 Å². The van der Waals surface area contributed by atoms with E-state index in [0.29, 0.717) is 19.0 Å². The van der Waals surface area contributed by atoms with Crippen LogP contribution in [-0.4, -0.2) is 44.7 Å². The number of rotatable bonds is 7. The molecule has 9 nitrogen and oxygen atoms in total. The smallest absolute Gasteiger partial charge is 0.321 e. The average molecular weight is 344 g/mol. The molecule has 1 heterocycles. The molecule has 1 aliphatic heterocycles.